The van der Waals surface area contributed by atoms with Gasteiger partial charge in [0.25, 0.3) is 0 Å². The molecule has 20 heavy (non-hydrogen) atoms. The molecule has 1 unspecified atom stereocenters. The molecule has 1 aliphatic rings. The van der Waals surface area contributed by atoms with Crippen molar-refractivity contribution in [3.63, 3.8) is 0 Å². The lowest BCUT2D eigenvalue weighted by Crippen LogP contribution is -2.35. The van der Waals surface area contributed by atoms with Crippen molar-refractivity contribution in [2.75, 3.05) is 26.2 Å². The molecule has 0 aromatic heterocycles. The second-order valence-corrected chi connectivity index (χ2v) is 5.23. The van der Waals surface area contributed by atoms with Gasteiger partial charge in [-0.15, -0.1) is 0 Å². The van der Waals surface area contributed by atoms with Gasteiger partial charge in [0.1, 0.15) is 0 Å². The molecule has 0 radical (unpaired) electrons. The fourth-order valence-corrected chi connectivity index (χ4v) is 2.67. The second-order valence-electron chi connectivity index (χ2n) is 5.23. The summed E-state index contributed by atoms with van der Waals surface area (Å²) in [5.74, 6) is -0.321. The van der Waals surface area contributed by atoms with Crippen LogP contribution in [0.1, 0.15) is 24.5 Å². The van der Waals surface area contributed by atoms with Gasteiger partial charge < -0.3 is 14.7 Å². The molecule has 0 fully saturated rings. The summed E-state index contributed by atoms with van der Waals surface area (Å²) < 4.78 is 4.86. The number of nitrogens with zero attached hydrogens (tertiary/aromatic N) is 1. The Balaban J connectivity index is 1.82. The Bertz CT molecular complexity index is 420. The van der Waals surface area contributed by atoms with Gasteiger partial charge in [-0.05, 0) is 30.9 Å². The molecular weight excluding hydrogens is 254 g/mol. The van der Waals surface area contributed by atoms with Crippen molar-refractivity contribution in [1.29, 1.82) is 0 Å². The lowest BCUT2D eigenvalue weighted by Gasteiger charge is -2.22. The van der Waals surface area contributed by atoms with Gasteiger partial charge in [-0.25, -0.2) is 0 Å². The summed E-state index contributed by atoms with van der Waals surface area (Å²) in [5, 5.41) is 9.96. The Morgan fingerprint density at radius 1 is 1.30 bits per heavy atom. The number of aliphatic hydroxyl groups excluding tert-OH is 1. The summed E-state index contributed by atoms with van der Waals surface area (Å²) >= 11 is 0. The van der Waals surface area contributed by atoms with Crippen LogP contribution in [0, 0.1) is 0 Å². The molecule has 0 amide bonds. The number of hydrogen-bond donors (Lipinski definition) is 1. The minimum Gasteiger partial charge on any atom is -0.466 e. The third-order valence-electron chi connectivity index (χ3n) is 3.69. The van der Waals surface area contributed by atoms with Crippen LogP contribution >= 0.6 is 0 Å². The van der Waals surface area contributed by atoms with E-state index < -0.39 is 6.10 Å². The standard InChI is InChI=1S/C16H23NO3/c1-2-20-16(19)11-15(18)12-17-9-7-13-5-3-4-6-14(13)8-10-17/h3-6,15,18H,2,7-12H2,1H3. The lowest BCUT2D eigenvalue weighted by molar-refractivity contribution is -0.145. The summed E-state index contributed by atoms with van der Waals surface area (Å²) in [7, 11) is 0. The van der Waals surface area contributed by atoms with E-state index in [9.17, 15) is 9.90 Å². The number of β-amino-alcohol motifs (C(OH)–C–C–N with tert-alkyl or cyclic N) is 1. The summed E-state index contributed by atoms with van der Waals surface area (Å²) in [6.07, 6.45) is 1.44. The molecule has 0 bridgehead atoms. The number of fused-ring (bicyclic) bond motifs is 1. The highest BCUT2D eigenvalue weighted by Crippen LogP contribution is 2.15. The molecular formula is C16H23NO3. The topological polar surface area (TPSA) is 49.8 Å². The third kappa shape index (κ3) is 4.32. The molecule has 0 spiro atoms. The number of rotatable bonds is 5. The SMILES string of the molecule is CCOC(=O)CC(O)CN1CCc2ccccc2CC1. The van der Waals surface area contributed by atoms with Gasteiger partial charge in [0.05, 0.1) is 19.1 Å². The molecule has 1 aliphatic heterocycles. The molecule has 1 heterocycles. The molecule has 1 atom stereocenters. The van der Waals surface area contributed by atoms with Crippen molar-refractivity contribution < 1.29 is 14.6 Å². The Hall–Kier alpha value is -1.39. The Morgan fingerprint density at radius 3 is 2.45 bits per heavy atom. The molecule has 110 valence electrons. The smallest absolute Gasteiger partial charge is 0.308 e. The number of esters is 1. The van der Waals surface area contributed by atoms with E-state index in [1.807, 2.05) is 0 Å². The molecule has 0 aliphatic carbocycles. The monoisotopic (exact) mass is 277 g/mol. The summed E-state index contributed by atoms with van der Waals surface area (Å²) in [4.78, 5) is 13.6. The average Bonchev–Trinajstić information content (AvgIpc) is 2.62. The van der Waals surface area contributed by atoms with E-state index in [4.69, 9.17) is 4.74 Å². The maximum absolute atomic E-state index is 11.3. The van der Waals surface area contributed by atoms with Gasteiger partial charge >= 0.3 is 5.97 Å². The van der Waals surface area contributed by atoms with Crippen LogP contribution in [0.15, 0.2) is 24.3 Å². The molecule has 2 rings (SSSR count). The van der Waals surface area contributed by atoms with Crippen LogP contribution in [0.5, 0.6) is 0 Å². The molecule has 0 saturated carbocycles. The largest absolute Gasteiger partial charge is 0.466 e. The number of carbonyl (C=O) groups excluding carboxylic acids is 1. The Kier molecular flexibility index (Phi) is 5.56. The van der Waals surface area contributed by atoms with E-state index in [1.54, 1.807) is 6.92 Å². The van der Waals surface area contributed by atoms with Gasteiger partial charge in [0, 0.05) is 19.6 Å². The number of benzene rings is 1. The van der Waals surface area contributed by atoms with Crippen molar-refractivity contribution in [3.8, 4) is 0 Å². The van der Waals surface area contributed by atoms with Gasteiger partial charge in [-0.2, -0.15) is 0 Å². The van der Waals surface area contributed by atoms with Crippen molar-refractivity contribution >= 4 is 5.97 Å². The van der Waals surface area contributed by atoms with Gasteiger partial charge in [0.2, 0.25) is 0 Å². The molecule has 1 aromatic carbocycles. The third-order valence-corrected chi connectivity index (χ3v) is 3.69. The van der Waals surface area contributed by atoms with Crippen LogP contribution in [0.4, 0.5) is 0 Å². The zero-order valence-corrected chi connectivity index (χ0v) is 12.0. The van der Waals surface area contributed by atoms with Crippen molar-refractivity contribution in [2.45, 2.75) is 32.3 Å². The van der Waals surface area contributed by atoms with E-state index in [-0.39, 0.29) is 12.4 Å². The van der Waals surface area contributed by atoms with Gasteiger partial charge in [-0.3, -0.25) is 4.79 Å². The summed E-state index contributed by atoms with van der Waals surface area (Å²) in [6, 6.07) is 8.50. The maximum atomic E-state index is 11.3. The number of hydrogen-bond acceptors (Lipinski definition) is 4. The molecule has 4 nitrogen and oxygen atoms in total. The first-order valence-corrected chi connectivity index (χ1v) is 7.32. The van der Waals surface area contributed by atoms with Crippen LogP contribution < -0.4 is 0 Å². The first kappa shape index (κ1) is 15.0. The van der Waals surface area contributed by atoms with Crippen LogP contribution in [0.25, 0.3) is 0 Å². The van der Waals surface area contributed by atoms with E-state index in [2.05, 4.69) is 29.2 Å². The highest BCUT2D eigenvalue weighted by Gasteiger charge is 2.18. The Morgan fingerprint density at radius 2 is 1.90 bits per heavy atom. The zero-order valence-electron chi connectivity index (χ0n) is 12.0. The van der Waals surface area contributed by atoms with Crippen molar-refractivity contribution in [2.24, 2.45) is 0 Å². The predicted octanol–water partition coefficient (Wildman–Crippen LogP) is 1.40. The summed E-state index contributed by atoms with van der Waals surface area (Å²) in [5.41, 5.74) is 2.80. The summed E-state index contributed by atoms with van der Waals surface area (Å²) in [6.45, 7) is 4.53. The quantitative estimate of drug-likeness (QED) is 0.827. The Labute approximate surface area is 120 Å². The molecule has 4 heteroatoms. The minimum atomic E-state index is -0.643. The van der Waals surface area contributed by atoms with E-state index in [0.29, 0.717) is 13.2 Å². The van der Waals surface area contributed by atoms with Crippen molar-refractivity contribution in [3.05, 3.63) is 35.4 Å². The normalized spacial score (nSPS) is 17.1. The first-order chi connectivity index (χ1) is 9.69. The zero-order chi connectivity index (χ0) is 14.4. The van der Waals surface area contributed by atoms with Crippen LogP contribution in [0.3, 0.4) is 0 Å². The second kappa shape index (κ2) is 7.41. The fourth-order valence-electron chi connectivity index (χ4n) is 2.67. The lowest BCUT2D eigenvalue weighted by atomic mass is 10.0. The highest BCUT2D eigenvalue weighted by molar-refractivity contribution is 5.69. The van der Waals surface area contributed by atoms with Crippen LogP contribution in [-0.2, 0) is 22.4 Å². The molecule has 0 saturated heterocycles. The fraction of sp³-hybridized carbons (Fsp3) is 0.562. The number of aliphatic hydroxyl groups is 1. The number of ether oxygens (including phenoxy) is 1. The number of carbonyl (C=O) groups is 1. The first-order valence-electron chi connectivity index (χ1n) is 7.32. The van der Waals surface area contributed by atoms with Gasteiger partial charge in [0.15, 0.2) is 0 Å². The van der Waals surface area contributed by atoms with E-state index >= 15 is 0 Å². The average molecular weight is 277 g/mol. The van der Waals surface area contributed by atoms with Crippen LogP contribution in [0.2, 0.25) is 0 Å². The van der Waals surface area contributed by atoms with Crippen LogP contribution in [-0.4, -0.2) is 48.3 Å². The van der Waals surface area contributed by atoms with Crippen molar-refractivity contribution in [1.82, 2.24) is 4.90 Å². The minimum absolute atomic E-state index is 0.0806. The van der Waals surface area contributed by atoms with E-state index in [1.165, 1.54) is 11.1 Å². The van der Waals surface area contributed by atoms with E-state index in [0.717, 1.165) is 25.9 Å². The predicted molar refractivity (Wildman–Crippen MR) is 77.5 cm³/mol. The molecule has 1 N–H and O–H groups in total. The molecule has 1 aromatic rings. The highest BCUT2D eigenvalue weighted by atomic mass is 16.5. The van der Waals surface area contributed by atoms with Gasteiger partial charge in [-0.1, -0.05) is 24.3 Å². The maximum Gasteiger partial charge on any atom is 0.308 e.